The quantitative estimate of drug-likeness (QED) is 0.870. The summed E-state index contributed by atoms with van der Waals surface area (Å²) < 4.78 is 0. The summed E-state index contributed by atoms with van der Waals surface area (Å²) >= 11 is 0. The molecule has 3 nitrogen and oxygen atoms in total. The molecule has 4 rings (SSSR count). The molecule has 0 radical (unpaired) electrons. The van der Waals surface area contributed by atoms with E-state index in [2.05, 4.69) is 46.7 Å². The van der Waals surface area contributed by atoms with Crippen LogP contribution in [0.15, 0.2) is 60.8 Å². The van der Waals surface area contributed by atoms with Crippen molar-refractivity contribution in [1.82, 2.24) is 4.90 Å². The third-order valence-electron chi connectivity index (χ3n) is 5.04. The van der Waals surface area contributed by atoms with Crippen molar-refractivity contribution in [3.63, 3.8) is 0 Å². The Morgan fingerprint density at radius 3 is 2.50 bits per heavy atom. The number of piperidine rings is 1. The summed E-state index contributed by atoms with van der Waals surface area (Å²) in [5.41, 5.74) is 4.17. The van der Waals surface area contributed by atoms with Crippen LogP contribution in [0.2, 0.25) is 0 Å². The minimum Gasteiger partial charge on any atom is -0.377 e. The Hall–Kier alpha value is -2.55. The molecule has 1 saturated heterocycles. The van der Waals surface area contributed by atoms with E-state index in [0.29, 0.717) is 0 Å². The van der Waals surface area contributed by atoms with Crippen LogP contribution < -0.4 is 5.32 Å². The number of amides is 1. The van der Waals surface area contributed by atoms with Gasteiger partial charge in [-0.2, -0.15) is 0 Å². The van der Waals surface area contributed by atoms with E-state index in [1.54, 1.807) is 0 Å². The number of carbonyl (C=O) groups is 1. The maximum Gasteiger partial charge on any atom is 0.257 e. The molecule has 2 aliphatic rings. The van der Waals surface area contributed by atoms with Gasteiger partial charge in [0.2, 0.25) is 0 Å². The minimum atomic E-state index is 0.0163. The molecule has 2 aromatic carbocycles. The smallest absolute Gasteiger partial charge is 0.257 e. The van der Waals surface area contributed by atoms with E-state index in [0.717, 1.165) is 42.3 Å². The molecule has 2 aromatic rings. The number of hydrogen-bond donors (Lipinski definition) is 1. The number of likely N-dealkylation sites (tertiary alicyclic amines) is 1. The summed E-state index contributed by atoms with van der Waals surface area (Å²) in [4.78, 5) is 14.5. The van der Waals surface area contributed by atoms with Gasteiger partial charge in [-0.05, 0) is 36.8 Å². The molecule has 1 N–H and O–H groups in total. The molecule has 1 amide bonds. The Morgan fingerprint density at radius 2 is 1.71 bits per heavy atom. The van der Waals surface area contributed by atoms with Crippen LogP contribution >= 0.6 is 0 Å². The third kappa shape index (κ3) is 3.07. The minimum absolute atomic E-state index is 0.0163. The Bertz CT molecular complexity index is 758. The fourth-order valence-corrected chi connectivity index (χ4v) is 3.68. The summed E-state index contributed by atoms with van der Waals surface area (Å²) in [5, 5.41) is 2.94. The first-order valence-electron chi connectivity index (χ1n) is 8.70. The highest BCUT2D eigenvalue weighted by molar-refractivity contribution is 6.31. The lowest BCUT2D eigenvalue weighted by atomic mass is 9.90. The Labute approximate surface area is 143 Å². The van der Waals surface area contributed by atoms with Crippen molar-refractivity contribution < 1.29 is 4.79 Å². The second-order valence-electron chi connectivity index (χ2n) is 6.71. The zero-order valence-corrected chi connectivity index (χ0v) is 13.7. The maximum atomic E-state index is 12.2. The zero-order valence-electron chi connectivity index (χ0n) is 13.7. The summed E-state index contributed by atoms with van der Waals surface area (Å²) in [6.07, 6.45) is 5.58. The summed E-state index contributed by atoms with van der Waals surface area (Å²) in [6.45, 7) is 2.05. The first kappa shape index (κ1) is 15.0. The van der Waals surface area contributed by atoms with E-state index >= 15 is 0 Å². The molecule has 0 unspecified atom stereocenters. The highest BCUT2D eigenvalue weighted by atomic mass is 16.2. The van der Waals surface area contributed by atoms with E-state index in [1.807, 2.05) is 24.3 Å². The average molecular weight is 318 g/mol. The van der Waals surface area contributed by atoms with Gasteiger partial charge in [-0.1, -0.05) is 48.5 Å². The van der Waals surface area contributed by atoms with Crippen molar-refractivity contribution in [2.45, 2.75) is 19.3 Å². The van der Waals surface area contributed by atoms with E-state index in [4.69, 9.17) is 0 Å². The van der Waals surface area contributed by atoms with Crippen LogP contribution in [0.25, 0.3) is 5.57 Å². The van der Waals surface area contributed by atoms with Crippen molar-refractivity contribution in [3.8, 4) is 0 Å². The predicted octanol–water partition coefficient (Wildman–Crippen LogP) is 3.93. The molecule has 0 bridgehead atoms. The van der Waals surface area contributed by atoms with E-state index in [1.165, 1.54) is 18.4 Å². The second kappa shape index (κ2) is 6.52. The van der Waals surface area contributed by atoms with Crippen molar-refractivity contribution in [2.75, 3.05) is 18.4 Å². The molecule has 2 heterocycles. The maximum absolute atomic E-state index is 12.2. The van der Waals surface area contributed by atoms with Gasteiger partial charge in [0.25, 0.3) is 5.91 Å². The van der Waals surface area contributed by atoms with Crippen molar-refractivity contribution >= 4 is 17.2 Å². The van der Waals surface area contributed by atoms with Crippen LogP contribution in [0.1, 0.15) is 24.0 Å². The fourth-order valence-electron chi connectivity index (χ4n) is 3.68. The highest BCUT2D eigenvalue weighted by Gasteiger charge is 2.25. The van der Waals surface area contributed by atoms with Gasteiger partial charge in [0.15, 0.2) is 0 Å². The van der Waals surface area contributed by atoms with Gasteiger partial charge in [0, 0.05) is 30.5 Å². The number of anilines is 1. The number of nitrogens with one attached hydrogen (secondary N) is 1. The largest absolute Gasteiger partial charge is 0.377 e. The fraction of sp³-hybridized carbons (Fsp3) is 0.286. The lowest BCUT2D eigenvalue weighted by Crippen LogP contribution is -2.31. The normalized spacial score (nSPS) is 19.4. The summed E-state index contributed by atoms with van der Waals surface area (Å²) in [5.74, 6) is 0.759. The van der Waals surface area contributed by atoms with Crippen LogP contribution in [-0.2, 0) is 11.2 Å². The highest BCUT2D eigenvalue weighted by Crippen LogP contribution is 2.32. The monoisotopic (exact) mass is 318 g/mol. The first-order chi connectivity index (χ1) is 11.8. The van der Waals surface area contributed by atoms with Crippen LogP contribution in [0.3, 0.4) is 0 Å². The lowest BCUT2D eigenvalue weighted by molar-refractivity contribution is -0.110. The topological polar surface area (TPSA) is 32.3 Å². The predicted molar refractivity (Wildman–Crippen MR) is 97.5 cm³/mol. The Kier molecular flexibility index (Phi) is 4.08. The molecule has 24 heavy (non-hydrogen) atoms. The average Bonchev–Trinajstić information content (AvgIpc) is 2.93. The van der Waals surface area contributed by atoms with Gasteiger partial charge in [-0.3, -0.25) is 4.79 Å². The molecule has 0 aromatic heterocycles. The number of hydrogen-bond acceptors (Lipinski definition) is 2. The van der Waals surface area contributed by atoms with Crippen molar-refractivity contribution in [3.05, 3.63) is 71.9 Å². The molecule has 0 aliphatic carbocycles. The molecule has 0 saturated carbocycles. The SMILES string of the molecule is O=C1Nc2ccccc2/C1=C\N1CCC(Cc2ccccc2)CC1. The molecule has 0 spiro atoms. The van der Waals surface area contributed by atoms with Gasteiger partial charge < -0.3 is 10.2 Å². The Morgan fingerprint density at radius 1 is 1.00 bits per heavy atom. The van der Waals surface area contributed by atoms with Crippen LogP contribution in [-0.4, -0.2) is 23.9 Å². The van der Waals surface area contributed by atoms with Gasteiger partial charge in [-0.15, -0.1) is 0 Å². The number of fused-ring (bicyclic) bond motifs is 1. The second-order valence-corrected chi connectivity index (χ2v) is 6.71. The lowest BCUT2D eigenvalue weighted by Gasteiger charge is -2.31. The van der Waals surface area contributed by atoms with Gasteiger partial charge in [-0.25, -0.2) is 0 Å². The van der Waals surface area contributed by atoms with Crippen LogP contribution in [0.4, 0.5) is 5.69 Å². The van der Waals surface area contributed by atoms with Gasteiger partial charge in [0.05, 0.1) is 5.57 Å². The summed E-state index contributed by atoms with van der Waals surface area (Å²) in [6, 6.07) is 18.7. The standard InChI is InChI=1S/C21H22N2O/c24-21-19(18-8-4-5-9-20(18)22-21)15-23-12-10-17(11-13-23)14-16-6-2-1-3-7-16/h1-9,15,17H,10-14H2,(H,22,24)/b19-15+. The zero-order chi connectivity index (χ0) is 16.4. The number of carbonyl (C=O) groups excluding carboxylic acids is 1. The number of rotatable bonds is 3. The van der Waals surface area contributed by atoms with Crippen molar-refractivity contribution in [1.29, 1.82) is 0 Å². The number of benzene rings is 2. The Balaban J connectivity index is 1.41. The third-order valence-corrected chi connectivity index (χ3v) is 5.04. The van der Waals surface area contributed by atoms with Crippen LogP contribution in [0, 0.1) is 5.92 Å². The molecule has 3 heteroatoms. The molecule has 122 valence electrons. The van der Waals surface area contributed by atoms with Gasteiger partial charge in [0.1, 0.15) is 0 Å². The molecule has 2 aliphatic heterocycles. The van der Waals surface area contributed by atoms with E-state index in [-0.39, 0.29) is 5.91 Å². The van der Waals surface area contributed by atoms with Crippen molar-refractivity contribution in [2.24, 2.45) is 5.92 Å². The molecule has 1 fully saturated rings. The van der Waals surface area contributed by atoms with E-state index < -0.39 is 0 Å². The first-order valence-corrected chi connectivity index (χ1v) is 8.70. The number of para-hydroxylation sites is 1. The van der Waals surface area contributed by atoms with Gasteiger partial charge >= 0.3 is 0 Å². The van der Waals surface area contributed by atoms with E-state index in [9.17, 15) is 4.79 Å². The molecule has 0 atom stereocenters. The molecular formula is C21H22N2O. The number of nitrogens with zero attached hydrogens (tertiary/aromatic N) is 1. The molecular weight excluding hydrogens is 296 g/mol. The van der Waals surface area contributed by atoms with Crippen LogP contribution in [0.5, 0.6) is 0 Å². The summed E-state index contributed by atoms with van der Waals surface area (Å²) in [7, 11) is 0.